The third-order valence-corrected chi connectivity index (χ3v) is 2.30. The van der Waals surface area contributed by atoms with Crippen molar-refractivity contribution in [2.45, 2.75) is 6.42 Å². The molecule has 82 valence electrons. The monoisotopic (exact) mass is 238 g/mol. The largest absolute Gasteiger partial charge is 0.506 e. The first-order valence-electron chi connectivity index (χ1n) is 4.44. The van der Waals surface area contributed by atoms with Gasteiger partial charge in [0.2, 0.25) is 0 Å². The lowest BCUT2D eigenvalue weighted by Crippen LogP contribution is -2.05. The number of fused-ring (bicyclic) bond motifs is 1. The molecule has 16 heavy (non-hydrogen) atoms. The zero-order chi connectivity index (χ0) is 11.7. The van der Waals surface area contributed by atoms with E-state index in [0.29, 0.717) is 5.39 Å². The number of phenolic OH excluding ortho intramolecular Hbond substituents is 1. The number of carboxylic acids is 1. The first-order valence-corrected chi connectivity index (χ1v) is 4.81. The molecule has 0 spiro atoms. The molecule has 2 rings (SSSR count). The third-order valence-electron chi connectivity index (χ3n) is 2.01. The number of halogens is 1. The molecule has 0 atom stereocenters. The van der Waals surface area contributed by atoms with Gasteiger partial charge < -0.3 is 10.2 Å². The zero-order valence-electron chi connectivity index (χ0n) is 8.01. The van der Waals surface area contributed by atoms with Crippen LogP contribution in [0.5, 0.6) is 5.75 Å². The van der Waals surface area contributed by atoms with Crippen molar-refractivity contribution in [3.05, 3.63) is 29.2 Å². The van der Waals surface area contributed by atoms with E-state index in [9.17, 15) is 9.90 Å². The van der Waals surface area contributed by atoms with Crippen molar-refractivity contribution < 1.29 is 15.0 Å². The molecule has 0 bridgehead atoms. The van der Waals surface area contributed by atoms with Crippen LogP contribution < -0.4 is 0 Å². The lowest BCUT2D eigenvalue weighted by atomic mass is 10.2. The quantitative estimate of drug-likeness (QED) is 0.777. The molecule has 0 saturated heterocycles. The number of para-hydroxylation sites is 1. The molecule has 6 heteroatoms. The van der Waals surface area contributed by atoms with E-state index in [4.69, 9.17) is 16.7 Å². The minimum Gasteiger partial charge on any atom is -0.506 e. The maximum absolute atomic E-state index is 10.5. The second-order valence-electron chi connectivity index (χ2n) is 3.17. The molecular weight excluding hydrogens is 232 g/mol. The lowest BCUT2D eigenvalue weighted by Gasteiger charge is -2.03. The molecule has 2 aromatic rings. The Labute approximate surface area is 95.3 Å². The summed E-state index contributed by atoms with van der Waals surface area (Å²) in [7, 11) is 0. The number of aromatic hydroxyl groups is 1. The van der Waals surface area contributed by atoms with Gasteiger partial charge in [-0.3, -0.25) is 4.79 Å². The van der Waals surface area contributed by atoms with Gasteiger partial charge in [-0.2, -0.15) is 0 Å². The molecule has 0 aliphatic heterocycles. The maximum atomic E-state index is 10.5. The predicted octanol–water partition coefficient (Wildman–Crippen LogP) is 1.62. The van der Waals surface area contributed by atoms with Gasteiger partial charge in [0.15, 0.2) is 0 Å². The van der Waals surface area contributed by atoms with Gasteiger partial charge in [-0.1, -0.05) is 17.7 Å². The minimum absolute atomic E-state index is 0.0477. The second-order valence-corrected chi connectivity index (χ2v) is 3.53. The molecular formula is C10H7ClN2O3. The van der Waals surface area contributed by atoms with Gasteiger partial charge in [0.05, 0.1) is 0 Å². The van der Waals surface area contributed by atoms with E-state index in [0.717, 1.165) is 0 Å². The van der Waals surface area contributed by atoms with Crippen LogP contribution in [-0.2, 0) is 11.2 Å². The molecule has 0 aliphatic carbocycles. The van der Waals surface area contributed by atoms with Crippen molar-refractivity contribution >= 4 is 28.5 Å². The van der Waals surface area contributed by atoms with Crippen LogP contribution in [0.25, 0.3) is 10.9 Å². The van der Waals surface area contributed by atoms with Crippen molar-refractivity contribution in [3.63, 3.8) is 0 Å². The molecule has 0 saturated carbocycles. The summed E-state index contributed by atoms with van der Waals surface area (Å²) in [5.41, 5.74) is 0.263. The van der Waals surface area contributed by atoms with E-state index in [1.807, 2.05) is 0 Å². The van der Waals surface area contributed by atoms with Crippen LogP contribution in [0.2, 0.25) is 5.15 Å². The summed E-state index contributed by atoms with van der Waals surface area (Å²) in [5.74, 6) is -1.02. The fourth-order valence-electron chi connectivity index (χ4n) is 1.36. The van der Waals surface area contributed by atoms with Crippen LogP contribution in [0.1, 0.15) is 5.82 Å². The molecule has 0 fully saturated rings. The van der Waals surface area contributed by atoms with E-state index in [1.165, 1.54) is 6.07 Å². The van der Waals surface area contributed by atoms with E-state index < -0.39 is 5.97 Å². The van der Waals surface area contributed by atoms with Crippen LogP contribution in [0.3, 0.4) is 0 Å². The maximum Gasteiger partial charge on any atom is 0.311 e. The van der Waals surface area contributed by atoms with E-state index >= 15 is 0 Å². The number of rotatable bonds is 2. The highest BCUT2D eigenvalue weighted by Gasteiger charge is 2.11. The molecule has 1 aromatic heterocycles. The van der Waals surface area contributed by atoms with Gasteiger partial charge in [0, 0.05) is 5.39 Å². The summed E-state index contributed by atoms with van der Waals surface area (Å²) in [6.45, 7) is 0. The zero-order valence-corrected chi connectivity index (χ0v) is 8.77. The number of benzene rings is 1. The first-order chi connectivity index (χ1) is 7.58. The number of phenols is 1. The Kier molecular flexibility index (Phi) is 2.62. The second kappa shape index (κ2) is 3.94. The molecule has 5 nitrogen and oxygen atoms in total. The summed E-state index contributed by atoms with van der Waals surface area (Å²) in [5, 5.41) is 18.8. The highest BCUT2D eigenvalue weighted by molar-refractivity contribution is 6.34. The summed E-state index contributed by atoms with van der Waals surface area (Å²) in [6.07, 6.45) is -0.329. The number of carboxylic acid groups (broad SMARTS) is 1. The molecule has 0 radical (unpaired) electrons. The van der Waals surface area contributed by atoms with Crippen LogP contribution in [0.4, 0.5) is 0 Å². The van der Waals surface area contributed by atoms with Crippen molar-refractivity contribution in [2.24, 2.45) is 0 Å². The molecule has 1 aromatic carbocycles. The highest BCUT2D eigenvalue weighted by atomic mass is 35.5. The first kappa shape index (κ1) is 10.6. The highest BCUT2D eigenvalue weighted by Crippen LogP contribution is 2.26. The van der Waals surface area contributed by atoms with Crippen molar-refractivity contribution in [1.82, 2.24) is 9.97 Å². The topological polar surface area (TPSA) is 83.3 Å². The van der Waals surface area contributed by atoms with Crippen molar-refractivity contribution in [2.75, 3.05) is 0 Å². The van der Waals surface area contributed by atoms with Crippen LogP contribution in [-0.4, -0.2) is 26.2 Å². The Hall–Kier alpha value is -1.88. The number of hydrogen-bond acceptors (Lipinski definition) is 4. The average Bonchev–Trinajstić information content (AvgIpc) is 2.19. The van der Waals surface area contributed by atoms with Gasteiger partial charge in [0.1, 0.15) is 28.7 Å². The number of aromatic nitrogens is 2. The smallest absolute Gasteiger partial charge is 0.311 e. The molecule has 0 unspecified atom stereocenters. The third kappa shape index (κ3) is 1.90. The molecule has 2 N–H and O–H groups in total. The van der Waals surface area contributed by atoms with Gasteiger partial charge >= 0.3 is 5.97 Å². The Morgan fingerprint density at radius 1 is 1.38 bits per heavy atom. The minimum atomic E-state index is -1.05. The lowest BCUT2D eigenvalue weighted by molar-refractivity contribution is -0.136. The summed E-state index contributed by atoms with van der Waals surface area (Å²) < 4.78 is 0. The van der Waals surface area contributed by atoms with Crippen LogP contribution in [0, 0.1) is 0 Å². The summed E-state index contributed by atoms with van der Waals surface area (Å²) >= 11 is 5.86. The van der Waals surface area contributed by atoms with Crippen LogP contribution >= 0.6 is 11.6 Å². The summed E-state index contributed by atoms with van der Waals surface area (Å²) in [6, 6.07) is 4.72. The Morgan fingerprint density at radius 2 is 2.12 bits per heavy atom. The normalized spacial score (nSPS) is 10.6. The number of aliphatic carboxylic acids is 1. The average molecular weight is 239 g/mol. The fourth-order valence-corrected chi connectivity index (χ4v) is 1.61. The predicted molar refractivity (Wildman–Crippen MR) is 57.6 cm³/mol. The Balaban J connectivity index is 2.65. The van der Waals surface area contributed by atoms with Gasteiger partial charge in [-0.25, -0.2) is 9.97 Å². The molecule has 0 aliphatic rings. The van der Waals surface area contributed by atoms with E-state index in [2.05, 4.69) is 9.97 Å². The van der Waals surface area contributed by atoms with Crippen molar-refractivity contribution in [3.8, 4) is 5.75 Å². The van der Waals surface area contributed by atoms with Crippen molar-refractivity contribution in [1.29, 1.82) is 0 Å². The number of carbonyl (C=O) groups is 1. The number of nitrogens with zero attached hydrogens (tertiary/aromatic N) is 2. The Bertz CT molecular complexity index is 571. The van der Waals surface area contributed by atoms with E-state index in [1.54, 1.807) is 12.1 Å². The van der Waals surface area contributed by atoms with Gasteiger partial charge in [-0.15, -0.1) is 0 Å². The van der Waals surface area contributed by atoms with Gasteiger partial charge in [0.25, 0.3) is 0 Å². The standard InChI is InChI=1S/C10H7ClN2O3/c11-10-5-2-1-3-6(14)9(5)12-7(13-10)4-8(15)16/h1-3,14H,4H2,(H,15,16). The molecule has 0 amide bonds. The molecule has 1 heterocycles. The SMILES string of the molecule is O=C(O)Cc1nc(Cl)c2cccc(O)c2n1. The van der Waals surface area contributed by atoms with Gasteiger partial charge in [-0.05, 0) is 12.1 Å². The Morgan fingerprint density at radius 3 is 2.81 bits per heavy atom. The van der Waals surface area contributed by atoms with Crippen LogP contribution in [0.15, 0.2) is 18.2 Å². The number of hydrogen-bond donors (Lipinski definition) is 2. The van der Waals surface area contributed by atoms with E-state index in [-0.39, 0.29) is 28.7 Å². The summed E-state index contributed by atoms with van der Waals surface area (Å²) in [4.78, 5) is 18.3. The fraction of sp³-hybridized carbons (Fsp3) is 0.100.